The molecule has 1 rings (SSSR count). The summed E-state index contributed by atoms with van der Waals surface area (Å²) in [5.74, 6) is 0.251. The van der Waals surface area contributed by atoms with Gasteiger partial charge in [-0.2, -0.15) is 5.26 Å². The average Bonchev–Trinajstić information content (AvgIpc) is 2.04. The minimum absolute atomic E-state index is 0.251. The molecule has 0 aromatic rings. The number of nitrogens with zero attached hydrogens (tertiary/aromatic N) is 2. The Hall–Kier alpha value is -1.01. The van der Waals surface area contributed by atoms with Crippen LogP contribution in [0.15, 0.2) is 11.3 Å². The second-order valence-corrected chi connectivity index (χ2v) is 2.66. The molecule has 11 heavy (non-hydrogen) atoms. The summed E-state index contributed by atoms with van der Waals surface area (Å²) in [6.45, 7) is 4.41. The first-order valence-electron chi connectivity index (χ1n) is 3.81. The minimum atomic E-state index is 0.251. The molecule has 0 saturated heterocycles. The maximum absolute atomic E-state index is 9.29. The molecule has 0 aliphatic carbocycles. The minimum Gasteiger partial charge on any atom is -0.510 e. The lowest BCUT2D eigenvalue weighted by Gasteiger charge is -2.24. The summed E-state index contributed by atoms with van der Waals surface area (Å²) in [5.41, 5.74) is 0.551. The third-order valence-electron chi connectivity index (χ3n) is 1.98. The van der Waals surface area contributed by atoms with Crippen LogP contribution in [0.5, 0.6) is 0 Å². The Bertz CT molecular complexity index is 215. The molecule has 0 amide bonds. The second-order valence-electron chi connectivity index (χ2n) is 2.66. The van der Waals surface area contributed by atoms with Crippen LogP contribution in [0, 0.1) is 11.3 Å². The van der Waals surface area contributed by atoms with Crippen LogP contribution in [0.4, 0.5) is 0 Å². The molecule has 60 valence electrons. The molecule has 0 unspecified atom stereocenters. The van der Waals surface area contributed by atoms with E-state index in [0.717, 1.165) is 13.1 Å². The quantitative estimate of drug-likeness (QED) is 0.610. The predicted molar refractivity (Wildman–Crippen MR) is 42.0 cm³/mol. The average molecular weight is 152 g/mol. The smallest absolute Gasteiger partial charge is 0.120 e. The van der Waals surface area contributed by atoms with E-state index < -0.39 is 0 Å². The van der Waals surface area contributed by atoms with Gasteiger partial charge in [-0.15, -0.1) is 0 Å². The van der Waals surface area contributed by atoms with Gasteiger partial charge in [-0.25, -0.2) is 0 Å². The highest BCUT2D eigenvalue weighted by Crippen LogP contribution is 2.14. The molecule has 1 aliphatic rings. The van der Waals surface area contributed by atoms with Crippen LogP contribution in [-0.2, 0) is 0 Å². The molecule has 0 bridgehead atoms. The highest BCUT2D eigenvalue weighted by Gasteiger charge is 2.16. The van der Waals surface area contributed by atoms with Crippen molar-refractivity contribution in [1.82, 2.24) is 4.90 Å². The van der Waals surface area contributed by atoms with E-state index in [4.69, 9.17) is 5.26 Å². The van der Waals surface area contributed by atoms with Gasteiger partial charge in [0.15, 0.2) is 0 Å². The molecule has 0 saturated carbocycles. The predicted octanol–water partition coefficient (Wildman–Crippen LogP) is 1.05. The molecular weight excluding hydrogens is 140 g/mol. The van der Waals surface area contributed by atoms with E-state index >= 15 is 0 Å². The largest absolute Gasteiger partial charge is 0.510 e. The van der Waals surface area contributed by atoms with E-state index in [1.165, 1.54) is 0 Å². The van der Waals surface area contributed by atoms with Crippen LogP contribution in [0.25, 0.3) is 0 Å². The van der Waals surface area contributed by atoms with Gasteiger partial charge in [-0.05, 0) is 13.0 Å². The van der Waals surface area contributed by atoms with E-state index in [9.17, 15) is 5.11 Å². The zero-order valence-electron chi connectivity index (χ0n) is 6.67. The van der Waals surface area contributed by atoms with Crippen molar-refractivity contribution in [3.05, 3.63) is 11.3 Å². The van der Waals surface area contributed by atoms with Gasteiger partial charge in [0.2, 0.25) is 0 Å². The molecule has 0 atom stereocenters. The summed E-state index contributed by atoms with van der Waals surface area (Å²) in [6.07, 6.45) is 0.691. The zero-order chi connectivity index (χ0) is 8.27. The van der Waals surface area contributed by atoms with Crippen LogP contribution < -0.4 is 0 Å². The first kappa shape index (κ1) is 8.09. The van der Waals surface area contributed by atoms with Gasteiger partial charge in [-0.3, -0.25) is 4.90 Å². The van der Waals surface area contributed by atoms with E-state index in [-0.39, 0.29) is 5.76 Å². The molecule has 1 N–H and O–H groups in total. The van der Waals surface area contributed by atoms with Gasteiger partial charge < -0.3 is 5.11 Å². The van der Waals surface area contributed by atoms with Crippen LogP contribution in [0.2, 0.25) is 0 Å². The number of hydrogen-bond donors (Lipinski definition) is 1. The number of likely N-dealkylation sites (N-methyl/N-ethyl adjacent to an activating group) is 1. The number of aliphatic hydroxyl groups is 1. The summed E-state index contributed by atoms with van der Waals surface area (Å²) in [4.78, 5) is 2.11. The number of nitriles is 1. The van der Waals surface area contributed by atoms with Gasteiger partial charge >= 0.3 is 0 Å². The van der Waals surface area contributed by atoms with E-state index in [0.29, 0.717) is 18.5 Å². The Morgan fingerprint density at radius 3 is 2.91 bits per heavy atom. The third kappa shape index (κ3) is 1.72. The molecular formula is C8H12N2O. The van der Waals surface area contributed by atoms with Crippen molar-refractivity contribution >= 4 is 0 Å². The first-order chi connectivity index (χ1) is 5.27. The van der Waals surface area contributed by atoms with Crippen molar-refractivity contribution in [1.29, 1.82) is 5.26 Å². The standard InChI is InChI=1S/C8H12N2O/c1-2-10-4-3-7(5-9)8(11)6-10/h11H,2-4,6H2,1H3. The highest BCUT2D eigenvalue weighted by atomic mass is 16.3. The van der Waals surface area contributed by atoms with E-state index in [1.807, 2.05) is 13.0 Å². The van der Waals surface area contributed by atoms with Crippen molar-refractivity contribution in [2.45, 2.75) is 13.3 Å². The molecule has 3 nitrogen and oxygen atoms in total. The van der Waals surface area contributed by atoms with Crippen molar-refractivity contribution in [2.24, 2.45) is 0 Å². The van der Waals surface area contributed by atoms with Crippen molar-refractivity contribution < 1.29 is 5.11 Å². The fourth-order valence-electron chi connectivity index (χ4n) is 1.19. The normalized spacial score (nSPS) is 20.0. The van der Waals surface area contributed by atoms with Crippen molar-refractivity contribution in [3.8, 4) is 6.07 Å². The van der Waals surface area contributed by atoms with Gasteiger partial charge in [0.25, 0.3) is 0 Å². The van der Waals surface area contributed by atoms with Crippen LogP contribution in [0.3, 0.4) is 0 Å². The zero-order valence-corrected chi connectivity index (χ0v) is 6.67. The Balaban J connectivity index is 2.65. The second kappa shape index (κ2) is 3.40. The highest BCUT2D eigenvalue weighted by molar-refractivity contribution is 5.26. The molecule has 1 heterocycles. The summed E-state index contributed by atoms with van der Waals surface area (Å²) >= 11 is 0. The maximum Gasteiger partial charge on any atom is 0.120 e. The molecule has 0 aromatic carbocycles. The summed E-state index contributed by atoms with van der Waals surface area (Å²) in [6, 6.07) is 2.00. The number of rotatable bonds is 1. The Morgan fingerprint density at radius 2 is 2.45 bits per heavy atom. The lowest BCUT2D eigenvalue weighted by Crippen LogP contribution is -2.31. The van der Waals surface area contributed by atoms with Gasteiger partial charge in [0, 0.05) is 6.54 Å². The Labute approximate surface area is 66.5 Å². The van der Waals surface area contributed by atoms with Gasteiger partial charge in [-0.1, -0.05) is 6.92 Å². The third-order valence-corrected chi connectivity index (χ3v) is 1.98. The van der Waals surface area contributed by atoms with E-state index in [2.05, 4.69) is 4.90 Å². The fraction of sp³-hybridized carbons (Fsp3) is 0.625. The summed E-state index contributed by atoms with van der Waals surface area (Å²) in [7, 11) is 0. The van der Waals surface area contributed by atoms with Crippen LogP contribution in [0.1, 0.15) is 13.3 Å². The SMILES string of the molecule is CCN1CCC(C#N)=C(O)C1. The summed E-state index contributed by atoms with van der Waals surface area (Å²) in [5, 5.41) is 17.8. The monoisotopic (exact) mass is 152 g/mol. The lowest BCUT2D eigenvalue weighted by molar-refractivity contribution is 0.240. The molecule has 0 aromatic heterocycles. The van der Waals surface area contributed by atoms with Gasteiger partial charge in [0.05, 0.1) is 18.2 Å². The molecule has 3 heteroatoms. The topological polar surface area (TPSA) is 47.3 Å². The number of aliphatic hydroxyl groups excluding tert-OH is 1. The fourth-order valence-corrected chi connectivity index (χ4v) is 1.19. The van der Waals surface area contributed by atoms with Gasteiger partial charge in [0.1, 0.15) is 5.76 Å². The molecule has 0 spiro atoms. The molecule has 0 radical (unpaired) electrons. The van der Waals surface area contributed by atoms with Crippen molar-refractivity contribution in [3.63, 3.8) is 0 Å². The number of hydrogen-bond acceptors (Lipinski definition) is 3. The van der Waals surface area contributed by atoms with Crippen LogP contribution in [-0.4, -0.2) is 29.6 Å². The van der Waals surface area contributed by atoms with Crippen molar-refractivity contribution in [2.75, 3.05) is 19.6 Å². The first-order valence-corrected chi connectivity index (χ1v) is 3.81. The van der Waals surface area contributed by atoms with Crippen LogP contribution >= 0.6 is 0 Å². The molecule has 1 aliphatic heterocycles. The Morgan fingerprint density at radius 1 is 1.73 bits per heavy atom. The molecule has 0 fully saturated rings. The Kier molecular flexibility index (Phi) is 2.50. The lowest BCUT2D eigenvalue weighted by atomic mass is 10.1. The summed E-state index contributed by atoms with van der Waals surface area (Å²) < 4.78 is 0. The maximum atomic E-state index is 9.29. The van der Waals surface area contributed by atoms with E-state index in [1.54, 1.807) is 0 Å².